The van der Waals surface area contributed by atoms with E-state index in [0.717, 1.165) is 13.0 Å². The van der Waals surface area contributed by atoms with Crippen LogP contribution < -0.4 is 10.2 Å². The average Bonchev–Trinajstić information content (AvgIpc) is 2.80. The first-order chi connectivity index (χ1) is 7.42. The minimum absolute atomic E-state index is 1.02. The number of rotatable bonds is 4. The number of pyridine rings is 1. The van der Waals surface area contributed by atoms with E-state index in [4.69, 9.17) is 0 Å². The van der Waals surface area contributed by atoms with E-state index in [9.17, 15) is 0 Å². The summed E-state index contributed by atoms with van der Waals surface area (Å²) in [5.74, 6) is 1.20. The fraction of sp³-hybridized carbons (Fsp3) is 0.583. The highest BCUT2D eigenvalue weighted by Crippen LogP contribution is 2.21. The lowest BCUT2D eigenvalue weighted by molar-refractivity contribution is 0.783. The molecular formula is C12H19N3. The number of nitrogens with zero attached hydrogens (tertiary/aromatic N) is 2. The SMILES string of the molecule is CNCCc1cccnc1N1CCCC1. The standard InChI is InChI=1S/C12H19N3/c1-13-8-6-11-5-4-7-14-12(11)15-9-2-3-10-15/h4-5,7,13H,2-3,6,8-10H2,1H3. The molecule has 0 atom stereocenters. The van der Waals surface area contributed by atoms with Crippen LogP contribution in [-0.4, -0.2) is 31.7 Å². The van der Waals surface area contributed by atoms with Crippen molar-refractivity contribution in [3.8, 4) is 0 Å². The summed E-state index contributed by atoms with van der Waals surface area (Å²) in [6.45, 7) is 3.36. The molecule has 3 heteroatoms. The third kappa shape index (κ3) is 2.48. The van der Waals surface area contributed by atoms with Gasteiger partial charge in [0.05, 0.1) is 0 Å². The highest BCUT2D eigenvalue weighted by Gasteiger charge is 2.15. The van der Waals surface area contributed by atoms with Crippen LogP contribution in [0.15, 0.2) is 18.3 Å². The molecule has 0 aromatic carbocycles. The number of anilines is 1. The lowest BCUT2D eigenvalue weighted by Crippen LogP contribution is -2.21. The van der Waals surface area contributed by atoms with Crippen LogP contribution in [0.3, 0.4) is 0 Å². The molecule has 0 unspecified atom stereocenters. The van der Waals surface area contributed by atoms with Crippen LogP contribution in [0.25, 0.3) is 0 Å². The molecule has 1 N–H and O–H groups in total. The van der Waals surface area contributed by atoms with Gasteiger partial charge in [0.25, 0.3) is 0 Å². The van der Waals surface area contributed by atoms with Crippen LogP contribution in [0.1, 0.15) is 18.4 Å². The average molecular weight is 205 g/mol. The number of likely N-dealkylation sites (N-methyl/N-ethyl adjacent to an activating group) is 1. The summed E-state index contributed by atoms with van der Waals surface area (Å²) in [6.07, 6.45) is 5.58. The van der Waals surface area contributed by atoms with Crippen LogP contribution >= 0.6 is 0 Å². The minimum Gasteiger partial charge on any atom is -0.356 e. The lowest BCUT2D eigenvalue weighted by Gasteiger charge is -2.19. The highest BCUT2D eigenvalue weighted by molar-refractivity contribution is 5.47. The van der Waals surface area contributed by atoms with Gasteiger partial charge in [-0.1, -0.05) is 6.07 Å². The van der Waals surface area contributed by atoms with Crippen molar-refractivity contribution in [2.24, 2.45) is 0 Å². The first-order valence-electron chi connectivity index (χ1n) is 5.75. The molecule has 1 aliphatic rings. The molecule has 1 aromatic rings. The van der Waals surface area contributed by atoms with Gasteiger partial charge in [-0.3, -0.25) is 0 Å². The monoisotopic (exact) mass is 205 g/mol. The summed E-state index contributed by atoms with van der Waals surface area (Å²) in [6, 6.07) is 4.22. The topological polar surface area (TPSA) is 28.2 Å². The molecule has 0 amide bonds. The van der Waals surface area contributed by atoms with Crippen molar-refractivity contribution in [1.82, 2.24) is 10.3 Å². The quantitative estimate of drug-likeness (QED) is 0.806. The maximum Gasteiger partial charge on any atom is 0.131 e. The smallest absolute Gasteiger partial charge is 0.131 e. The fourth-order valence-corrected chi connectivity index (χ4v) is 2.10. The summed E-state index contributed by atoms with van der Waals surface area (Å²) < 4.78 is 0. The van der Waals surface area contributed by atoms with Crippen LogP contribution in [0.4, 0.5) is 5.82 Å². The van der Waals surface area contributed by atoms with Crippen molar-refractivity contribution in [3.63, 3.8) is 0 Å². The second kappa shape index (κ2) is 5.12. The van der Waals surface area contributed by atoms with Gasteiger partial charge in [0.2, 0.25) is 0 Å². The normalized spacial score (nSPS) is 15.9. The van der Waals surface area contributed by atoms with Gasteiger partial charge in [0, 0.05) is 19.3 Å². The summed E-state index contributed by atoms with van der Waals surface area (Å²) >= 11 is 0. The van der Waals surface area contributed by atoms with E-state index >= 15 is 0 Å². The maximum absolute atomic E-state index is 4.51. The van der Waals surface area contributed by atoms with Crippen LogP contribution in [0.2, 0.25) is 0 Å². The molecule has 0 radical (unpaired) electrons. The molecule has 1 saturated heterocycles. The zero-order chi connectivity index (χ0) is 10.5. The van der Waals surface area contributed by atoms with Gasteiger partial charge in [-0.25, -0.2) is 4.98 Å². The van der Waals surface area contributed by atoms with Gasteiger partial charge in [-0.05, 0) is 44.5 Å². The van der Waals surface area contributed by atoms with Crippen molar-refractivity contribution in [2.75, 3.05) is 31.6 Å². The second-order valence-corrected chi connectivity index (χ2v) is 4.03. The van der Waals surface area contributed by atoms with E-state index in [1.165, 1.54) is 37.3 Å². The number of hydrogen-bond acceptors (Lipinski definition) is 3. The van der Waals surface area contributed by atoms with E-state index < -0.39 is 0 Å². The van der Waals surface area contributed by atoms with E-state index in [1.807, 2.05) is 19.3 Å². The Morgan fingerprint density at radius 2 is 2.20 bits per heavy atom. The number of nitrogens with one attached hydrogen (secondary N) is 1. The van der Waals surface area contributed by atoms with Gasteiger partial charge in [-0.2, -0.15) is 0 Å². The molecule has 1 aromatic heterocycles. The van der Waals surface area contributed by atoms with Crippen molar-refractivity contribution in [2.45, 2.75) is 19.3 Å². The molecule has 1 aliphatic heterocycles. The number of aromatic nitrogens is 1. The Balaban J connectivity index is 2.13. The van der Waals surface area contributed by atoms with Gasteiger partial charge >= 0.3 is 0 Å². The molecule has 2 heterocycles. The van der Waals surface area contributed by atoms with Gasteiger partial charge in [-0.15, -0.1) is 0 Å². The molecule has 0 spiro atoms. The van der Waals surface area contributed by atoms with Crippen LogP contribution in [0, 0.1) is 0 Å². The predicted octanol–water partition coefficient (Wildman–Crippen LogP) is 1.44. The Morgan fingerprint density at radius 1 is 1.40 bits per heavy atom. The van der Waals surface area contributed by atoms with Crippen molar-refractivity contribution >= 4 is 5.82 Å². The summed E-state index contributed by atoms with van der Waals surface area (Å²) in [5, 5.41) is 3.19. The molecule has 1 fully saturated rings. The van der Waals surface area contributed by atoms with Gasteiger partial charge in [0.1, 0.15) is 5.82 Å². The van der Waals surface area contributed by atoms with Crippen molar-refractivity contribution in [1.29, 1.82) is 0 Å². The van der Waals surface area contributed by atoms with E-state index in [2.05, 4.69) is 21.3 Å². The molecular weight excluding hydrogens is 186 g/mol. The number of hydrogen-bond donors (Lipinski definition) is 1. The molecule has 2 rings (SSSR count). The third-order valence-electron chi connectivity index (χ3n) is 2.92. The zero-order valence-corrected chi connectivity index (χ0v) is 9.37. The highest BCUT2D eigenvalue weighted by atomic mass is 15.2. The Hall–Kier alpha value is -1.09. The van der Waals surface area contributed by atoms with E-state index in [0.29, 0.717) is 0 Å². The first kappa shape index (κ1) is 10.4. The van der Waals surface area contributed by atoms with E-state index in [1.54, 1.807) is 0 Å². The zero-order valence-electron chi connectivity index (χ0n) is 9.37. The molecule has 0 aliphatic carbocycles. The largest absolute Gasteiger partial charge is 0.356 e. The molecule has 15 heavy (non-hydrogen) atoms. The Labute approximate surface area is 91.5 Å². The maximum atomic E-state index is 4.51. The first-order valence-corrected chi connectivity index (χ1v) is 5.75. The van der Waals surface area contributed by atoms with E-state index in [-0.39, 0.29) is 0 Å². The fourth-order valence-electron chi connectivity index (χ4n) is 2.10. The Morgan fingerprint density at radius 3 is 2.93 bits per heavy atom. The summed E-state index contributed by atoms with van der Waals surface area (Å²) in [4.78, 5) is 6.92. The predicted molar refractivity (Wildman–Crippen MR) is 63.3 cm³/mol. The minimum atomic E-state index is 1.02. The van der Waals surface area contributed by atoms with Gasteiger partial charge < -0.3 is 10.2 Å². The lowest BCUT2D eigenvalue weighted by atomic mass is 10.2. The second-order valence-electron chi connectivity index (χ2n) is 4.03. The van der Waals surface area contributed by atoms with Gasteiger partial charge in [0.15, 0.2) is 0 Å². The van der Waals surface area contributed by atoms with Crippen LogP contribution in [0.5, 0.6) is 0 Å². The van der Waals surface area contributed by atoms with Crippen molar-refractivity contribution in [3.05, 3.63) is 23.9 Å². The Kier molecular flexibility index (Phi) is 3.56. The molecule has 0 bridgehead atoms. The Bertz CT molecular complexity index is 305. The van der Waals surface area contributed by atoms with Crippen molar-refractivity contribution < 1.29 is 0 Å². The summed E-state index contributed by atoms with van der Waals surface area (Å²) in [5.41, 5.74) is 1.37. The molecule has 0 saturated carbocycles. The summed E-state index contributed by atoms with van der Waals surface area (Å²) in [7, 11) is 1.99. The molecule has 3 nitrogen and oxygen atoms in total. The van der Waals surface area contributed by atoms with Crippen LogP contribution in [-0.2, 0) is 6.42 Å². The molecule has 82 valence electrons. The third-order valence-corrected chi connectivity index (χ3v) is 2.92.